The third-order valence-corrected chi connectivity index (χ3v) is 8.13. The number of carbonyl (C=O) groups excluding carboxylic acids is 1. The Kier molecular flexibility index (Phi) is 8.69. The van der Waals surface area contributed by atoms with Gasteiger partial charge >= 0.3 is 0 Å². The van der Waals surface area contributed by atoms with Gasteiger partial charge in [-0.15, -0.1) is 0 Å². The van der Waals surface area contributed by atoms with Crippen LogP contribution in [0.1, 0.15) is 18.7 Å². The molecule has 1 atom stereocenters. The predicted molar refractivity (Wildman–Crippen MR) is 133 cm³/mol. The number of aryl methyl sites for hydroxylation is 1. The van der Waals surface area contributed by atoms with E-state index in [9.17, 15) is 22.8 Å². The molecule has 1 aromatic carbocycles. The van der Waals surface area contributed by atoms with Crippen LogP contribution >= 0.6 is 0 Å². The highest BCUT2D eigenvalue weighted by molar-refractivity contribution is 7.89. The highest BCUT2D eigenvalue weighted by atomic mass is 32.2. The molecule has 1 fully saturated rings. The van der Waals surface area contributed by atoms with Crippen LogP contribution in [0.3, 0.4) is 0 Å². The van der Waals surface area contributed by atoms with Gasteiger partial charge in [-0.3, -0.25) is 15.0 Å². The zero-order chi connectivity index (χ0) is 26.3. The Morgan fingerprint density at radius 1 is 1.03 bits per heavy atom. The summed E-state index contributed by atoms with van der Waals surface area (Å²) in [5.41, 5.74) is 1.36. The molecular weight excluding hydrogens is 501 g/mol. The number of amides is 1. The highest BCUT2D eigenvalue weighted by Gasteiger charge is 2.31. The Bertz CT molecular complexity index is 1260. The van der Waals surface area contributed by atoms with E-state index in [2.05, 4.69) is 19.9 Å². The molecule has 37 heavy (non-hydrogen) atoms. The number of hydrogen-bond donors (Lipinski definition) is 1. The van der Waals surface area contributed by atoms with Gasteiger partial charge in [0.05, 0.1) is 29.9 Å². The van der Waals surface area contributed by atoms with E-state index in [0.29, 0.717) is 48.3 Å². The number of carbonyl (C=O) groups is 1. The van der Waals surface area contributed by atoms with Crippen LogP contribution in [-0.2, 0) is 21.2 Å². The Morgan fingerprint density at radius 2 is 1.73 bits per heavy atom. The summed E-state index contributed by atoms with van der Waals surface area (Å²) in [5, 5.41) is 10.4. The van der Waals surface area contributed by atoms with Gasteiger partial charge < -0.3 is 4.90 Å². The Morgan fingerprint density at radius 3 is 2.35 bits per heavy atom. The van der Waals surface area contributed by atoms with Crippen molar-refractivity contribution in [1.82, 2.24) is 29.3 Å². The molecule has 0 saturated carbocycles. The van der Waals surface area contributed by atoms with E-state index >= 15 is 0 Å². The molecule has 13 heteroatoms. The fourth-order valence-corrected chi connectivity index (χ4v) is 5.87. The van der Waals surface area contributed by atoms with Crippen LogP contribution in [-0.4, -0.2) is 87.3 Å². The molecule has 1 aliphatic rings. The van der Waals surface area contributed by atoms with Crippen molar-refractivity contribution in [1.29, 1.82) is 0 Å². The first-order chi connectivity index (χ1) is 17.9. The number of anilines is 1. The quantitative estimate of drug-likeness (QED) is 0.224. The van der Waals surface area contributed by atoms with E-state index in [4.69, 9.17) is 0 Å². The van der Waals surface area contributed by atoms with Crippen LogP contribution in [0.15, 0.2) is 55.1 Å². The van der Waals surface area contributed by atoms with Gasteiger partial charge in [0.15, 0.2) is 0 Å². The molecule has 0 spiro atoms. The van der Waals surface area contributed by atoms with Crippen LogP contribution in [0.2, 0.25) is 0 Å². The zero-order valence-electron chi connectivity index (χ0n) is 20.1. The third kappa shape index (κ3) is 7.02. The van der Waals surface area contributed by atoms with Crippen molar-refractivity contribution < 1.29 is 22.8 Å². The van der Waals surface area contributed by atoms with Crippen molar-refractivity contribution in [2.24, 2.45) is 0 Å². The number of sulfonamides is 1. The van der Waals surface area contributed by atoms with Crippen molar-refractivity contribution in [3.8, 4) is 11.3 Å². The second kappa shape index (κ2) is 12.1. The van der Waals surface area contributed by atoms with Crippen molar-refractivity contribution in [2.75, 3.05) is 36.8 Å². The molecule has 4 rings (SSSR count). The van der Waals surface area contributed by atoms with Gasteiger partial charge in [0, 0.05) is 50.6 Å². The molecule has 0 radical (unpaired) electrons. The fraction of sp³-hybridized carbons (Fsp3) is 0.375. The smallest absolute Gasteiger partial charge is 0.233 e. The minimum atomic E-state index is -3.74. The van der Waals surface area contributed by atoms with Crippen molar-refractivity contribution in [3.05, 3.63) is 66.8 Å². The summed E-state index contributed by atoms with van der Waals surface area (Å²) in [5.74, 6) is 0.521. The second-order valence-corrected chi connectivity index (χ2v) is 10.6. The lowest BCUT2D eigenvalue weighted by molar-refractivity contribution is -0.158. The summed E-state index contributed by atoms with van der Waals surface area (Å²) in [6, 6.07) is 6.80. The summed E-state index contributed by atoms with van der Waals surface area (Å²) in [6.07, 6.45) is 7.99. The molecule has 196 valence electrons. The second-order valence-electron chi connectivity index (χ2n) is 8.63. The first-order valence-electron chi connectivity index (χ1n) is 11.8. The van der Waals surface area contributed by atoms with E-state index < -0.39 is 16.1 Å². The van der Waals surface area contributed by atoms with E-state index in [1.165, 1.54) is 16.4 Å². The van der Waals surface area contributed by atoms with Gasteiger partial charge in [-0.2, -0.15) is 4.31 Å². The van der Waals surface area contributed by atoms with Crippen LogP contribution in [0, 0.1) is 5.82 Å². The summed E-state index contributed by atoms with van der Waals surface area (Å²) in [6.45, 7) is 1.30. The zero-order valence-corrected chi connectivity index (χ0v) is 20.9. The molecule has 3 aromatic rings. The third-order valence-electron chi connectivity index (χ3n) is 6.18. The van der Waals surface area contributed by atoms with Gasteiger partial charge in [0.2, 0.25) is 16.4 Å². The van der Waals surface area contributed by atoms with E-state index in [-0.39, 0.29) is 37.5 Å². The molecule has 0 bridgehead atoms. The minimum Gasteiger partial charge on any atom is -0.353 e. The van der Waals surface area contributed by atoms with Crippen LogP contribution in [0.4, 0.5) is 10.2 Å². The van der Waals surface area contributed by atoms with Gasteiger partial charge in [0.1, 0.15) is 17.5 Å². The Labute approximate surface area is 214 Å². The van der Waals surface area contributed by atoms with E-state index in [1.54, 1.807) is 43.0 Å². The number of aromatic nitrogens is 4. The lowest BCUT2D eigenvalue weighted by Gasteiger charge is -2.35. The maximum absolute atomic E-state index is 13.1. The summed E-state index contributed by atoms with van der Waals surface area (Å²) in [7, 11) is -3.74. The SMILES string of the molecule is O=CN(O)C(CCCc1ncccn1)CS(=O)(=O)N1CCN(c2cnc(-c3ccc(F)cc3)cn2)CC1. The standard InChI is InChI=1S/C24H28FN7O4S/c25-20-7-5-19(6-8-20)22-15-29-24(16-28-22)30-11-13-31(14-12-30)37(35,36)17-21(32(34)18-33)3-1-4-23-26-9-2-10-27-23/h2,5-10,15-16,18,21,34H,1,3-4,11-14,17H2. The average Bonchev–Trinajstić information content (AvgIpc) is 2.93. The normalized spacial score (nSPS) is 15.4. The number of benzene rings is 1. The van der Waals surface area contributed by atoms with Crippen molar-refractivity contribution >= 4 is 22.3 Å². The number of piperazine rings is 1. The fourth-order valence-electron chi connectivity index (χ4n) is 4.13. The summed E-state index contributed by atoms with van der Waals surface area (Å²) < 4.78 is 40.7. The summed E-state index contributed by atoms with van der Waals surface area (Å²) >= 11 is 0. The maximum atomic E-state index is 13.1. The molecular formula is C24H28FN7O4S. The molecule has 1 unspecified atom stereocenters. The summed E-state index contributed by atoms with van der Waals surface area (Å²) in [4.78, 5) is 30.2. The molecule has 1 aliphatic heterocycles. The largest absolute Gasteiger partial charge is 0.353 e. The molecule has 1 N–H and O–H groups in total. The number of hydroxylamine groups is 2. The van der Waals surface area contributed by atoms with Gasteiger partial charge in [0.25, 0.3) is 0 Å². The molecule has 1 saturated heterocycles. The lowest BCUT2D eigenvalue weighted by Crippen LogP contribution is -2.51. The van der Waals surface area contributed by atoms with Gasteiger partial charge in [-0.1, -0.05) is 0 Å². The highest BCUT2D eigenvalue weighted by Crippen LogP contribution is 2.21. The maximum Gasteiger partial charge on any atom is 0.233 e. The Balaban J connectivity index is 1.32. The van der Waals surface area contributed by atoms with Crippen LogP contribution < -0.4 is 4.90 Å². The topological polar surface area (TPSA) is 133 Å². The lowest BCUT2D eigenvalue weighted by atomic mass is 10.1. The van der Waals surface area contributed by atoms with Crippen LogP contribution in [0.5, 0.6) is 0 Å². The molecule has 3 heterocycles. The predicted octanol–water partition coefficient (Wildman–Crippen LogP) is 1.76. The van der Waals surface area contributed by atoms with Crippen LogP contribution in [0.25, 0.3) is 11.3 Å². The number of halogens is 1. The molecule has 11 nitrogen and oxygen atoms in total. The number of hydrogen-bond acceptors (Lipinski definition) is 9. The monoisotopic (exact) mass is 529 g/mol. The molecule has 0 aliphatic carbocycles. The number of nitrogens with zero attached hydrogens (tertiary/aromatic N) is 7. The average molecular weight is 530 g/mol. The molecule has 2 aromatic heterocycles. The Hall–Kier alpha value is -3.55. The minimum absolute atomic E-state index is 0.228. The van der Waals surface area contributed by atoms with Gasteiger partial charge in [-0.25, -0.2) is 32.8 Å². The molecule has 1 amide bonds. The van der Waals surface area contributed by atoms with E-state index in [0.717, 1.165) is 5.56 Å². The number of rotatable bonds is 11. The van der Waals surface area contributed by atoms with E-state index in [1.807, 2.05) is 4.90 Å². The van der Waals surface area contributed by atoms with Crippen molar-refractivity contribution in [2.45, 2.75) is 25.3 Å². The first-order valence-corrected chi connectivity index (χ1v) is 13.5. The van der Waals surface area contributed by atoms with Crippen molar-refractivity contribution in [3.63, 3.8) is 0 Å². The van der Waals surface area contributed by atoms with Gasteiger partial charge in [-0.05, 0) is 43.2 Å². The first kappa shape index (κ1) is 26.5.